The number of aliphatic hydroxyl groups is 1. The predicted octanol–water partition coefficient (Wildman–Crippen LogP) is 3.70. The van der Waals surface area contributed by atoms with Crippen LogP contribution in [0.1, 0.15) is 31.2 Å². The number of amides is 2. The molecule has 0 aliphatic heterocycles. The van der Waals surface area contributed by atoms with Crippen molar-refractivity contribution in [1.29, 1.82) is 0 Å². The zero-order valence-corrected chi connectivity index (χ0v) is 14.3. The second-order valence-corrected chi connectivity index (χ2v) is 6.41. The highest BCUT2D eigenvalue weighted by Crippen LogP contribution is 2.21. The van der Waals surface area contributed by atoms with Gasteiger partial charge in [0.2, 0.25) is 0 Å². The molecule has 0 aliphatic carbocycles. The smallest absolute Gasteiger partial charge is 0.315 e. The molecule has 3 aromatic rings. The van der Waals surface area contributed by atoms with Gasteiger partial charge in [0.15, 0.2) is 0 Å². The molecule has 0 bridgehead atoms. The number of nitrogens with one attached hydrogen (secondary N) is 2. The van der Waals surface area contributed by atoms with Gasteiger partial charge in [0.1, 0.15) is 11.4 Å². The lowest BCUT2D eigenvalue weighted by molar-refractivity contribution is 0.0366. The fraction of sp³-hybridized carbons (Fsp3) is 0.250. The Morgan fingerprint density at radius 2 is 1.92 bits per heavy atom. The van der Waals surface area contributed by atoms with Gasteiger partial charge >= 0.3 is 6.03 Å². The first kappa shape index (κ1) is 17.0. The van der Waals surface area contributed by atoms with Crippen molar-refractivity contribution in [3.63, 3.8) is 0 Å². The maximum Gasteiger partial charge on any atom is 0.315 e. The van der Waals surface area contributed by atoms with Gasteiger partial charge in [-0.2, -0.15) is 0 Å². The molecule has 25 heavy (non-hydrogen) atoms. The average Bonchev–Trinajstić information content (AvgIpc) is 3.15. The van der Waals surface area contributed by atoms with Crippen molar-refractivity contribution in [1.82, 2.24) is 10.6 Å². The zero-order chi connectivity index (χ0) is 17.9. The zero-order valence-electron chi connectivity index (χ0n) is 14.3. The van der Waals surface area contributed by atoms with E-state index in [1.54, 1.807) is 19.1 Å². The van der Waals surface area contributed by atoms with Gasteiger partial charge in [-0.3, -0.25) is 0 Å². The normalized spacial score (nSPS) is 14.7. The molecule has 1 heterocycles. The molecule has 5 heteroatoms. The molecule has 2 atom stereocenters. The van der Waals surface area contributed by atoms with Crippen LogP contribution in [-0.4, -0.2) is 17.7 Å². The topological polar surface area (TPSA) is 74.5 Å². The first-order chi connectivity index (χ1) is 12.0. The van der Waals surface area contributed by atoms with E-state index in [2.05, 4.69) is 22.8 Å². The van der Waals surface area contributed by atoms with Crippen LogP contribution in [0.15, 0.2) is 65.3 Å². The number of fused-ring (bicyclic) bond motifs is 1. The first-order valence-electron chi connectivity index (χ1n) is 8.25. The Morgan fingerprint density at radius 3 is 2.64 bits per heavy atom. The van der Waals surface area contributed by atoms with E-state index in [1.807, 2.05) is 37.3 Å². The lowest BCUT2D eigenvalue weighted by atomic mass is 10.0. The Hall–Kier alpha value is -2.79. The molecule has 0 saturated heterocycles. The fourth-order valence-corrected chi connectivity index (χ4v) is 2.73. The van der Waals surface area contributed by atoms with Crippen molar-refractivity contribution in [2.24, 2.45) is 0 Å². The van der Waals surface area contributed by atoms with Gasteiger partial charge in [-0.15, -0.1) is 0 Å². The number of hydrogen-bond acceptors (Lipinski definition) is 3. The van der Waals surface area contributed by atoms with Crippen molar-refractivity contribution >= 4 is 16.8 Å². The quantitative estimate of drug-likeness (QED) is 0.664. The predicted molar refractivity (Wildman–Crippen MR) is 97.2 cm³/mol. The van der Waals surface area contributed by atoms with Gasteiger partial charge in [-0.25, -0.2) is 4.79 Å². The SMILES string of the molecule is CC(NC(=O)NCC(C)(O)c1ccco1)c1ccc2ccccc2c1. The highest BCUT2D eigenvalue weighted by atomic mass is 16.4. The molecule has 0 fully saturated rings. The van der Waals surface area contributed by atoms with Crippen LogP contribution in [0.3, 0.4) is 0 Å². The molecular weight excluding hydrogens is 316 g/mol. The average molecular weight is 338 g/mol. The molecular formula is C20H22N2O3. The molecule has 0 radical (unpaired) electrons. The van der Waals surface area contributed by atoms with Gasteiger partial charge < -0.3 is 20.2 Å². The van der Waals surface area contributed by atoms with Crippen molar-refractivity contribution in [3.05, 3.63) is 72.2 Å². The number of carbonyl (C=O) groups excluding carboxylic acids is 1. The van der Waals surface area contributed by atoms with Gasteiger partial charge in [0.25, 0.3) is 0 Å². The maximum absolute atomic E-state index is 12.1. The lowest BCUT2D eigenvalue weighted by Gasteiger charge is -2.22. The molecule has 3 rings (SSSR count). The minimum atomic E-state index is -1.26. The molecule has 0 spiro atoms. The minimum absolute atomic E-state index is 0.0524. The summed E-state index contributed by atoms with van der Waals surface area (Å²) in [6.45, 7) is 3.57. The summed E-state index contributed by atoms with van der Waals surface area (Å²) in [7, 11) is 0. The third-order valence-corrected chi connectivity index (χ3v) is 4.27. The first-order valence-corrected chi connectivity index (χ1v) is 8.25. The van der Waals surface area contributed by atoms with E-state index < -0.39 is 5.60 Å². The molecule has 0 saturated carbocycles. The lowest BCUT2D eigenvalue weighted by Crippen LogP contribution is -2.44. The number of benzene rings is 2. The van der Waals surface area contributed by atoms with Gasteiger partial charge in [-0.05, 0) is 48.4 Å². The number of rotatable bonds is 5. The second-order valence-electron chi connectivity index (χ2n) is 6.41. The van der Waals surface area contributed by atoms with Crippen LogP contribution < -0.4 is 10.6 Å². The summed E-state index contributed by atoms with van der Waals surface area (Å²) in [6.07, 6.45) is 1.49. The summed E-state index contributed by atoms with van der Waals surface area (Å²) in [5.41, 5.74) is -0.237. The Morgan fingerprint density at radius 1 is 1.16 bits per heavy atom. The molecule has 2 unspecified atom stereocenters. The van der Waals surface area contributed by atoms with E-state index in [9.17, 15) is 9.90 Å². The van der Waals surface area contributed by atoms with E-state index in [4.69, 9.17) is 4.42 Å². The van der Waals surface area contributed by atoms with Gasteiger partial charge in [-0.1, -0.05) is 36.4 Å². The van der Waals surface area contributed by atoms with Gasteiger partial charge in [0, 0.05) is 0 Å². The molecule has 130 valence electrons. The molecule has 5 nitrogen and oxygen atoms in total. The van der Waals surface area contributed by atoms with E-state index in [-0.39, 0.29) is 18.6 Å². The summed E-state index contributed by atoms with van der Waals surface area (Å²) >= 11 is 0. The second kappa shape index (κ2) is 6.99. The third-order valence-electron chi connectivity index (χ3n) is 4.27. The monoisotopic (exact) mass is 338 g/mol. The summed E-state index contributed by atoms with van der Waals surface area (Å²) in [4.78, 5) is 12.1. The summed E-state index contributed by atoms with van der Waals surface area (Å²) in [5, 5.41) is 18.2. The Labute approximate surface area is 146 Å². The molecule has 2 aromatic carbocycles. The fourth-order valence-electron chi connectivity index (χ4n) is 2.73. The Bertz CT molecular complexity index is 856. The highest BCUT2D eigenvalue weighted by molar-refractivity contribution is 5.83. The minimum Gasteiger partial charge on any atom is -0.466 e. The van der Waals surface area contributed by atoms with Crippen LogP contribution in [0.4, 0.5) is 4.79 Å². The van der Waals surface area contributed by atoms with Gasteiger partial charge in [0.05, 0.1) is 18.8 Å². The number of furan rings is 1. The van der Waals surface area contributed by atoms with E-state index in [0.717, 1.165) is 16.3 Å². The van der Waals surface area contributed by atoms with Crippen LogP contribution in [-0.2, 0) is 5.60 Å². The largest absolute Gasteiger partial charge is 0.466 e. The van der Waals surface area contributed by atoms with Crippen molar-refractivity contribution < 1.29 is 14.3 Å². The van der Waals surface area contributed by atoms with Crippen molar-refractivity contribution in [2.75, 3.05) is 6.54 Å². The Kier molecular flexibility index (Phi) is 4.76. The number of urea groups is 1. The van der Waals surface area contributed by atoms with Crippen molar-refractivity contribution in [2.45, 2.75) is 25.5 Å². The maximum atomic E-state index is 12.1. The molecule has 2 amide bonds. The van der Waals surface area contributed by atoms with Crippen LogP contribution in [0, 0.1) is 0 Å². The van der Waals surface area contributed by atoms with E-state index >= 15 is 0 Å². The van der Waals surface area contributed by atoms with Crippen molar-refractivity contribution in [3.8, 4) is 0 Å². The van der Waals surface area contributed by atoms with E-state index in [1.165, 1.54) is 6.26 Å². The summed E-state index contributed by atoms with van der Waals surface area (Å²) in [5.74, 6) is 0.412. The van der Waals surface area contributed by atoms with Crippen LogP contribution in [0.2, 0.25) is 0 Å². The summed E-state index contributed by atoms with van der Waals surface area (Å²) < 4.78 is 5.20. The van der Waals surface area contributed by atoms with Crippen LogP contribution in [0.5, 0.6) is 0 Å². The van der Waals surface area contributed by atoms with Crippen LogP contribution >= 0.6 is 0 Å². The highest BCUT2D eigenvalue weighted by Gasteiger charge is 2.27. The molecule has 3 N–H and O–H groups in total. The van der Waals surface area contributed by atoms with E-state index in [0.29, 0.717) is 5.76 Å². The Balaban J connectivity index is 1.60. The molecule has 0 aliphatic rings. The third kappa shape index (κ3) is 4.00. The van der Waals surface area contributed by atoms with Crippen LogP contribution in [0.25, 0.3) is 10.8 Å². The number of hydrogen-bond donors (Lipinski definition) is 3. The standard InChI is InChI=1S/C20H22N2O3/c1-14(16-10-9-15-6-3-4-7-17(15)12-16)22-19(23)21-13-20(2,24)18-8-5-11-25-18/h3-12,14,24H,13H2,1-2H3,(H2,21,22,23). The molecule has 1 aromatic heterocycles. The summed E-state index contributed by atoms with van der Waals surface area (Å²) in [6, 6.07) is 17.1. The number of carbonyl (C=O) groups is 1.